The molecular formula is C27H23F3N4O2. The van der Waals surface area contributed by atoms with Gasteiger partial charge >= 0.3 is 12.1 Å². The molecule has 2 heterocycles. The summed E-state index contributed by atoms with van der Waals surface area (Å²) in [4.78, 5) is 30.0. The summed E-state index contributed by atoms with van der Waals surface area (Å²) < 4.78 is 42.4. The maximum atomic E-state index is 13.2. The first-order valence-corrected chi connectivity index (χ1v) is 11.1. The summed E-state index contributed by atoms with van der Waals surface area (Å²) in [6.45, 7) is 5.50. The Morgan fingerprint density at radius 2 is 1.67 bits per heavy atom. The van der Waals surface area contributed by atoms with Crippen molar-refractivity contribution < 1.29 is 22.8 Å². The van der Waals surface area contributed by atoms with Crippen LogP contribution >= 0.6 is 0 Å². The highest BCUT2D eigenvalue weighted by Crippen LogP contribution is 2.31. The number of nitrogens with zero attached hydrogens (tertiary/aromatic N) is 4. The van der Waals surface area contributed by atoms with Gasteiger partial charge < -0.3 is 4.57 Å². The van der Waals surface area contributed by atoms with Crippen LogP contribution in [0.2, 0.25) is 0 Å². The molecule has 0 aliphatic heterocycles. The Labute approximate surface area is 205 Å². The quantitative estimate of drug-likeness (QED) is 0.292. The Morgan fingerprint density at radius 3 is 2.36 bits per heavy atom. The maximum Gasteiger partial charge on any atom is 0.416 e. The third-order valence-electron chi connectivity index (χ3n) is 5.74. The molecule has 1 amide bonds. The second-order valence-corrected chi connectivity index (χ2v) is 8.42. The van der Waals surface area contributed by atoms with Crippen LogP contribution in [0.4, 0.5) is 13.2 Å². The molecule has 0 saturated heterocycles. The first-order chi connectivity index (χ1) is 17.0. The zero-order valence-corrected chi connectivity index (χ0v) is 19.9. The fraction of sp³-hybridized carbons (Fsp3) is 0.185. The van der Waals surface area contributed by atoms with Crippen LogP contribution < -0.4 is 5.49 Å². The van der Waals surface area contributed by atoms with Gasteiger partial charge in [0.25, 0.3) is 5.78 Å². The van der Waals surface area contributed by atoms with E-state index >= 15 is 0 Å². The standard InChI is InChI=1S/C27H23F3N4O2/c1-17-10-12-20(13-11-17)16-33-14-5-4-9-23(33)31-26(36)25(35)24-18(2)32-34(19(24)3)22-8-6-7-21(15-22)27(28,29)30/h4-15H,16H2,1-3H3. The zero-order chi connectivity index (χ0) is 26.0. The van der Waals surface area contributed by atoms with Crippen molar-refractivity contribution in [1.29, 1.82) is 0 Å². The Balaban J connectivity index is 1.66. The highest BCUT2D eigenvalue weighted by molar-refractivity contribution is 6.43. The number of carbonyl (C=O) groups is 2. The van der Waals surface area contributed by atoms with E-state index in [0.717, 1.165) is 23.3 Å². The molecule has 0 spiro atoms. The highest BCUT2D eigenvalue weighted by atomic mass is 19.4. The molecule has 6 nitrogen and oxygen atoms in total. The highest BCUT2D eigenvalue weighted by Gasteiger charge is 2.31. The van der Waals surface area contributed by atoms with E-state index in [-0.39, 0.29) is 22.6 Å². The van der Waals surface area contributed by atoms with Crippen LogP contribution in [-0.2, 0) is 17.5 Å². The van der Waals surface area contributed by atoms with Gasteiger partial charge in [-0.1, -0.05) is 42.0 Å². The molecule has 0 bridgehead atoms. The number of Topliss-reactive ketones (excluding diaryl/α,β-unsaturated/α-hetero) is 1. The van der Waals surface area contributed by atoms with Crippen molar-refractivity contribution in [2.45, 2.75) is 33.5 Å². The van der Waals surface area contributed by atoms with Crippen molar-refractivity contribution in [2.75, 3.05) is 0 Å². The van der Waals surface area contributed by atoms with Crippen LogP contribution in [0, 0.1) is 20.8 Å². The number of aryl methyl sites for hydroxylation is 2. The summed E-state index contributed by atoms with van der Waals surface area (Å²) in [5.74, 6) is -1.87. The maximum absolute atomic E-state index is 13.2. The van der Waals surface area contributed by atoms with Crippen molar-refractivity contribution in [3.63, 3.8) is 0 Å². The molecule has 0 radical (unpaired) electrons. The summed E-state index contributed by atoms with van der Waals surface area (Å²) in [6.07, 6.45) is -2.76. The van der Waals surface area contributed by atoms with Crippen molar-refractivity contribution in [2.24, 2.45) is 4.99 Å². The number of rotatable bonds is 5. The molecule has 4 rings (SSSR count). The molecular weight excluding hydrogens is 469 g/mol. The van der Waals surface area contributed by atoms with Gasteiger partial charge in [0.1, 0.15) is 5.49 Å². The average Bonchev–Trinajstić information content (AvgIpc) is 3.14. The molecule has 0 fully saturated rings. The molecule has 2 aromatic carbocycles. The van der Waals surface area contributed by atoms with Crippen molar-refractivity contribution >= 4 is 11.7 Å². The Bertz CT molecular complexity index is 1510. The van der Waals surface area contributed by atoms with Gasteiger partial charge in [0.15, 0.2) is 0 Å². The smallest absolute Gasteiger partial charge is 0.328 e. The molecule has 0 aliphatic rings. The Hall–Kier alpha value is -4.27. The number of carbonyl (C=O) groups excluding carboxylic acids is 2. The third-order valence-corrected chi connectivity index (χ3v) is 5.74. The summed E-state index contributed by atoms with van der Waals surface area (Å²) in [6, 6.07) is 17.7. The van der Waals surface area contributed by atoms with Gasteiger partial charge in [0, 0.05) is 12.7 Å². The lowest BCUT2D eigenvalue weighted by atomic mass is 10.1. The minimum atomic E-state index is -4.52. The monoisotopic (exact) mass is 492 g/mol. The minimum absolute atomic E-state index is 0.0159. The number of benzene rings is 2. The largest absolute Gasteiger partial charge is 0.416 e. The van der Waals surface area contributed by atoms with Crippen LogP contribution in [0.25, 0.3) is 5.69 Å². The minimum Gasteiger partial charge on any atom is -0.328 e. The van der Waals surface area contributed by atoms with E-state index in [9.17, 15) is 22.8 Å². The van der Waals surface area contributed by atoms with E-state index in [1.165, 1.54) is 30.7 Å². The number of hydrogen-bond acceptors (Lipinski definition) is 3. The van der Waals surface area contributed by atoms with Crippen LogP contribution in [-0.4, -0.2) is 26.0 Å². The molecule has 184 valence electrons. The summed E-state index contributed by atoms with van der Waals surface area (Å²) in [5.41, 5.74) is 2.21. The van der Waals surface area contributed by atoms with E-state index in [0.29, 0.717) is 12.0 Å². The molecule has 4 aromatic rings. The zero-order valence-electron chi connectivity index (χ0n) is 19.9. The molecule has 0 N–H and O–H groups in total. The normalized spacial score (nSPS) is 12.1. The lowest BCUT2D eigenvalue weighted by Gasteiger charge is -2.10. The molecule has 0 saturated carbocycles. The molecule has 0 unspecified atom stereocenters. The van der Waals surface area contributed by atoms with Crippen LogP contribution in [0.5, 0.6) is 0 Å². The second kappa shape index (κ2) is 9.77. The molecule has 2 aromatic heterocycles. The average molecular weight is 493 g/mol. The van der Waals surface area contributed by atoms with Gasteiger partial charge in [-0.05, 0) is 56.7 Å². The van der Waals surface area contributed by atoms with Gasteiger partial charge in [-0.25, -0.2) is 4.68 Å². The topological polar surface area (TPSA) is 69.2 Å². The van der Waals surface area contributed by atoms with Crippen molar-refractivity contribution in [3.05, 3.63) is 112 Å². The number of ketones is 1. The van der Waals surface area contributed by atoms with Gasteiger partial charge in [-0.2, -0.15) is 23.3 Å². The number of alkyl halides is 3. The first-order valence-electron chi connectivity index (χ1n) is 11.1. The van der Waals surface area contributed by atoms with E-state index < -0.39 is 23.4 Å². The summed E-state index contributed by atoms with van der Waals surface area (Å²) >= 11 is 0. The van der Waals surface area contributed by atoms with Crippen molar-refractivity contribution in [1.82, 2.24) is 14.3 Å². The van der Waals surface area contributed by atoms with Gasteiger partial charge in [-0.15, -0.1) is 0 Å². The van der Waals surface area contributed by atoms with Crippen LogP contribution in [0.15, 0.2) is 77.9 Å². The van der Waals surface area contributed by atoms with Crippen LogP contribution in [0.1, 0.15) is 38.4 Å². The number of aromatic nitrogens is 3. The molecule has 36 heavy (non-hydrogen) atoms. The molecule has 0 atom stereocenters. The predicted octanol–water partition coefficient (Wildman–Crippen LogP) is 4.98. The summed E-state index contributed by atoms with van der Waals surface area (Å²) in [5, 5.41) is 4.22. The number of hydrogen-bond donors (Lipinski definition) is 0. The van der Waals surface area contributed by atoms with E-state index in [4.69, 9.17) is 0 Å². The van der Waals surface area contributed by atoms with Gasteiger partial charge in [0.05, 0.1) is 28.2 Å². The number of halogens is 3. The Morgan fingerprint density at radius 1 is 0.944 bits per heavy atom. The van der Waals surface area contributed by atoms with E-state index in [1.807, 2.05) is 31.2 Å². The van der Waals surface area contributed by atoms with Crippen LogP contribution in [0.3, 0.4) is 0 Å². The first kappa shape index (κ1) is 24.8. The molecule has 9 heteroatoms. The predicted molar refractivity (Wildman–Crippen MR) is 128 cm³/mol. The van der Waals surface area contributed by atoms with Gasteiger partial charge in [-0.3, -0.25) is 9.59 Å². The van der Waals surface area contributed by atoms with E-state index in [1.54, 1.807) is 29.0 Å². The van der Waals surface area contributed by atoms with Gasteiger partial charge in [0.2, 0.25) is 0 Å². The number of pyridine rings is 1. The Kier molecular flexibility index (Phi) is 6.74. The fourth-order valence-corrected chi connectivity index (χ4v) is 3.89. The van der Waals surface area contributed by atoms with Crippen molar-refractivity contribution in [3.8, 4) is 5.69 Å². The second-order valence-electron chi connectivity index (χ2n) is 8.42. The lowest BCUT2D eigenvalue weighted by molar-refractivity contribution is -0.137. The lowest BCUT2D eigenvalue weighted by Crippen LogP contribution is -2.25. The SMILES string of the molecule is Cc1ccc(Cn2ccccc2=NC(=O)C(=O)c2c(C)nn(-c3cccc(C(F)(F)F)c3)c2C)cc1. The number of amides is 1. The fourth-order valence-electron chi connectivity index (χ4n) is 3.89. The third kappa shape index (κ3) is 5.19. The van der Waals surface area contributed by atoms with E-state index in [2.05, 4.69) is 10.1 Å². The molecule has 0 aliphatic carbocycles. The summed E-state index contributed by atoms with van der Waals surface area (Å²) in [7, 11) is 0.